The SMILES string of the molecule is C#CC(O)(c1cccc(/C(C)=C/N(COCC[Si](C)(C)C)N=C)c1)C(F)(F)F. The summed E-state index contributed by atoms with van der Waals surface area (Å²) in [5.74, 6) is 1.45. The summed E-state index contributed by atoms with van der Waals surface area (Å²) in [5.41, 5.74) is -2.69. The molecular weight excluding hydrogens is 385 g/mol. The molecule has 0 aliphatic rings. The van der Waals surface area contributed by atoms with Crippen LogP contribution in [0.3, 0.4) is 0 Å². The van der Waals surface area contributed by atoms with Gasteiger partial charge in [-0.1, -0.05) is 43.8 Å². The van der Waals surface area contributed by atoms with Gasteiger partial charge in [-0.15, -0.1) is 6.42 Å². The quantitative estimate of drug-likeness (QED) is 0.160. The van der Waals surface area contributed by atoms with Crippen LogP contribution < -0.4 is 0 Å². The molecular formula is C20H27F3N2O2Si. The Morgan fingerprint density at radius 2 is 2.04 bits per heavy atom. The van der Waals surface area contributed by atoms with Crippen LogP contribution in [-0.4, -0.2) is 44.4 Å². The van der Waals surface area contributed by atoms with Gasteiger partial charge in [0.25, 0.3) is 0 Å². The van der Waals surface area contributed by atoms with Crippen molar-refractivity contribution in [1.29, 1.82) is 0 Å². The molecule has 0 spiro atoms. The molecule has 8 heteroatoms. The van der Waals surface area contributed by atoms with Crippen LogP contribution in [0.25, 0.3) is 5.57 Å². The normalized spacial score (nSPS) is 14.9. The van der Waals surface area contributed by atoms with Gasteiger partial charge in [-0.05, 0) is 30.2 Å². The topological polar surface area (TPSA) is 45.1 Å². The van der Waals surface area contributed by atoms with E-state index in [1.54, 1.807) is 19.2 Å². The van der Waals surface area contributed by atoms with E-state index in [2.05, 4.69) is 31.5 Å². The Balaban J connectivity index is 2.97. The summed E-state index contributed by atoms with van der Waals surface area (Å²) >= 11 is 0. The van der Waals surface area contributed by atoms with E-state index in [-0.39, 0.29) is 6.73 Å². The molecule has 4 nitrogen and oxygen atoms in total. The van der Waals surface area contributed by atoms with Crippen molar-refractivity contribution >= 4 is 20.4 Å². The van der Waals surface area contributed by atoms with Crippen molar-refractivity contribution in [3.8, 4) is 12.3 Å². The molecule has 0 fully saturated rings. The zero-order valence-electron chi connectivity index (χ0n) is 16.7. The van der Waals surface area contributed by atoms with Crippen molar-refractivity contribution in [2.45, 2.75) is 44.4 Å². The van der Waals surface area contributed by atoms with Gasteiger partial charge in [-0.2, -0.15) is 18.3 Å². The Labute approximate surface area is 165 Å². The number of rotatable bonds is 9. The van der Waals surface area contributed by atoms with Crippen LogP contribution in [0.15, 0.2) is 35.6 Å². The van der Waals surface area contributed by atoms with Crippen LogP contribution in [0.2, 0.25) is 25.7 Å². The second-order valence-corrected chi connectivity index (χ2v) is 13.3. The van der Waals surface area contributed by atoms with Crippen LogP contribution >= 0.6 is 0 Å². The van der Waals surface area contributed by atoms with E-state index in [1.807, 2.05) is 0 Å². The van der Waals surface area contributed by atoms with E-state index in [0.717, 1.165) is 12.1 Å². The highest BCUT2D eigenvalue weighted by molar-refractivity contribution is 6.76. The van der Waals surface area contributed by atoms with E-state index >= 15 is 0 Å². The molecule has 1 unspecified atom stereocenters. The number of aliphatic hydroxyl groups is 1. The second kappa shape index (κ2) is 9.41. The van der Waals surface area contributed by atoms with Crippen LogP contribution in [0.1, 0.15) is 18.1 Å². The molecule has 0 aliphatic carbocycles. The maximum atomic E-state index is 13.2. The number of hydrazone groups is 1. The maximum absolute atomic E-state index is 13.2. The number of hydrogen-bond acceptors (Lipinski definition) is 4. The molecule has 154 valence electrons. The summed E-state index contributed by atoms with van der Waals surface area (Å²) in [7, 11) is -1.20. The fourth-order valence-electron chi connectivity index (χ4n) is 2.27. The molecule has 0 heterocycles. The first-order valence-electron chi connectivity index (χ1n) is 8.71. The third kappa shape index (κ3) is 6.51. The molecule has 1 aromatic rings. The first-order chi connectivity index (χ1) is 12.8. The number of hydrogen-bond donors (Lipinski definition) is 1. The van der Waals surface area contributed by atoms with Crippen molar-refractivity contribution in [3.05, 3.63) is 41.6 Å². The number of nitrogens with zero attached hydrogens (tertiary/aromatic N) is 2. The van der Waals surface area contributed by atoms with E-state index in [4.69, 9.17) is 11.2 Å². The molecule has 1 aromatic carbocycles. The fraction of sp³-hybridized carbons (Fsp3) is 0.450. The average molecular weight is 413 g/mol. The maximum Gasteiger partial charge on any atom is 0.433 e. The Hall–Kier alpha value is -2.08. The van der Waals surface area contributed by atoms with Crippen LogP contribution in [-0.2, 0) is 10.3 Å². The van der Waals surface area contributed by atoms with Gasteiger partial charge in [0.05, 0.1) is 0 Å². The number of ether oxygens (including phenoxy) is 1. The van der Waals surface area contributed by atoms with Crippen LogP contribution in [0.5, 0.6) is 0 Å². The smallest absolute Gasteiger partial charge is 0.366 e. The highest BCUT2D eigenvalue weighted by Crippen LogP contribution is 2.39. The van der Waals surface area contributed by atoms with E-state index in [1.165, 1.54) is 23.1 Å². The highest BCUT2D eigenvalue weighted by Gasteiger charge is 2.54. The molecule has 0 saturated carbocycles. The molecule has 1 N–H and O–H groups in total. The number of halogens is 3. The Morgan fingerprint density at radius 3 is 2.54 bits per heavy atom. The third-order valence-electron chi connectivity index (χ3n) is 4.10. The van der Waals surface area contributed by atoms with Crippen molar-refractivity contribution in [2.75, 3.05) is 13.3 Å². The largest absolute Gasteiger partial charge is 0.433 e. The van der Waals surface area contributed by atoms with Gasteiger partial charge in [0.2, 0.25) is 5.60 Å². The molecule has 28 heavy (non-hydrogen) atoms. The minimum Gasteiger partial charge on any atom is -0.366 e. The number of allylic oxidation sites excluding steroid dienone is 1. The fourth-order valence-corrected chi connectivity index (χ4v) is 3.03. The summed E-state index contributed by atoms with van der Waals surface area (Å²) < 4.78 is 45.2. The molecule has 1 rings (SSSR count). The molecule has 0 radical (unpaired) electrons. The lowest BCUT2D eigenvalue weighted by Crippen LogP contribution is -2.40. The van der Waals surface area contributed by atoms with Crippen molar-refractivity contribution in [2.24, 2.45) is 5.10 Å². The second-order valence-electron chi connectivity index (χ2n) is 7.67. The van der Waals surface area contributed by atoms with Crippen molar-refractivity contribution in [1.82, 2.24) is 5.01 Å². The van der Waals surface area contributed by atoms with E-state index in [9.17, 15) is 18.3 Å². The van der Waals surface area contributed by atoms with E-state index < -0.39 is 25.4 Å². The predicted octanol–water partition coefficient (Wildman–Crippen LogP) is 4.66. The third-order valence-corrected chi connectivity index (χ3v) is 5.80. The Morgan fingerprint density at radius 1 is 1.39 bits per heavy atom. The first kappa shape index (κ1) is 24.0. The zero-order valence-corrected chi connectivity index (χ0v) is 17.7. The molecule has 0 bridgehead atoms. The van der Waals surface area contributed by atoms with Gasteiger partial charge in [-0.3, -0.25) is 0 Å². The lowest BCUT2D eigenvalue weighted by molar-refractivity contribution is -0.240. The van der Waals surface area contributed by atoms with Crippen LogP contribution in [0.4, 0.5) is 13.2 Å². The molecule has 0 aliphatic heterocycles. The summed E-state index contributed by atoms with van der Waals surface area (Å²) in [5, 5.41) is 15.2. The molecule has 0 saturated heterocycles. The highest BCUT2D eigenvalue weighted by atomic mass is 28.3. The molecule has 0 amide bonds. The van der Waals surface area contributed by atoms with E-state index in [0.29, 0.717) is 17.7 Å². The standard InChI is InChI=1S/C20H27F3N2O2Si/c1-7-19(26,20(21,22)23)18-10-8-9-17(13-18)16(2)14-25(24-3)15-27-11-12-28(4,5)6/h1,8-10,13-14,26H,3,11-12,15H2,2,4-6H3/b16-14+. The summed E-state index contributed by atoms with van der Waals surface area (Å²) in [6, 6.07) is 6.40. The average Bonchev–Trinajstić information content (AvgIpc) is 2.61. The number of benzene rings is 1. The number of terminal acetylenes is 1. The summed E-state index contributed by atoms with van der Waals surface area (Å²) in [4.78, 5) is 0. The minimum absolute atomic E-state index is 0.182. The monoisotopic (exact) mass is 412 g/mol. The van der Waals surface area contributed by atoms with Gasteiger partial charge in [0, 0.05) is 33.2 Å². The lowest BCUT2D eigenvalue weighted by Gasteiger charge is -2.26. The first-order valence-corrected chi connectivity index (χ1v) is 12.4. The predicted molar refractivity (Wildman–Crippen MR) is 109 cm³/mol. The van der Waals surface area contributed by atoms with Gasteiger partial charge >= 0.3 is 6.18 Å². The summed E-state index contributed by atoms with van der Waals surface area (Å²) in [6.07, 6.45) is 1.60. The summed E-state index contributed by atoms with van der Waals surface area (Å²) in [6.45, 7) is 12.7. The van der Waals surface area contributed by atoms with Crippen LogP contribution in [0, 0.1) is 12.3 Å². The lowest BCUT2D eigenvalue weighted by atomic mass is 9.91. The van der Waals surface area contributed by atoms with Gasteiger partial charge in [-0.25, -0.2) is 5.01 Å². The van der Waals surface area contributed by atoms with Crippen molar-refractivity contribution < 1.29 is 23.0 Å². The Bertz CT molecular complexity index is 751. The van der Waals surface area contributed by atoms with Gasteiger partial charge in [0.15, 0.2) is 0 Å². The van der Waals surface area contributed by atoms with Gasteiger partial charge < -0.3 is 9.84 Å². The zero-order chi connectivity index (χ0) is 21.6. The molecule has 0 aromatic heterocycles. The number of alkyl halides is 3. The molecule has 1 atom stereocenters. The van der Waals surface area contributed by atoms with Crippen molar-refractivity contribution in [3.63, 3.8) is 0 Å². The minimum atomic E-state index is -4.99. The van der Waals surface area contributed by atoms with Gasteiger partial charge in [0.1, 0.15) is 6.73 Å². The Kier molecular flexibility index (Phi) is 8.05.